The average molecular weight is 293 g/mol. The number of benzene rings is 1. The van der Waals surface area contributed by atoms with Gasteiger partial charge < -0.3 is 5.73 Å². The lowest BCUT2D eigenvalue weighted by Crippen LogP contribution is -2.26. The molecule has 1 aliphatic heterocycles. The summed E-state index contributed by atoms with van der Waals surface area (Å²) in [7, 11) is 0. The highest BCUT2D eigenvalue weighted by Gasteiger charge is 2.25. The predicted molar refractivity (Wildman–Crippen MR) is 66.8 cm³/mol. The molecule has 0 saturated heterocycles. The van der Waals surface area contributed by atoms with E-state index in [0.29, 0.717) is 5.25 Å². The van der Waals surface area contributed by atoms with Crippen LogP contribution >= 0.6 is 39.3 Å². The predicted octanol–water partition coefficient (Wildman–Crippen LogP) is 3.74. The van der Waals surface area contributed by atoms with Gasteiger partial charge in [-0.2, -0.15) is 11.8 Å². The van der Waals surface area contributed by atoms with Gasteiger partial charge in [-0.25, -0.2) is 0 Å². The maximum absolute atomic E-state index is 6.16. The zero-order chi connectivity index (χ0) is 10.3. The maximum Gasteiger partial charge on any atom is 0.0460 e. The van der Waals surface area contributed by atoms with Gasteiger partial charge in [0.15, 0.2) is 0 Å². The Hall–Kier alpha value is 0.300. The number of fused-ring (bicyclic) bond motifs is 1. The van der Waals surface area contributed by atoms with Crippen LogP contribution in [-0.2, 0) is 5.75 Å². The number of halogens is 2. The van der Waals surface area contributed by atoms with Gasteiger partial charge in [-0.1, -0.05) is 34.5 Å². The standard InChI is InChI=1S/C10H11BrClNS/c1-5-10(13)7-2-6(11)3-9(12)8(7)4-14-5/h2-3,5,10H,4,13H2,1H3. The first-order chi connectivity index (χ1) is 6.59. The molecule has 1 aromatic carbocycles. The van der Waals surface area contributed by atoms with E-state index < -0.39 is 0 Å². The summed E-state index contributed by atoms with van der Waals surface area (Å²) < 4.78 is 1.01. The fraction of sp³-hybridized carbons (Fsp3) is 0.400. The molecule has 1 nitrogen and oxygen atoms in total. The highest BCUT2D eigenvalue weighted by atomic mass is 79.9. The second kappa shape index (κ2) is 4.05. The average Bonchev–Trinajstić information content (AvgIpc) is 2.12. The summed E-state index contributed by atoms with van der Waals surface area (Å²) in [6.07, 6.45) is 0. The van der Waals surface area contributed by atoms with Gasteiger partial charge in [-0.05, 0) is 23.3 Å². The number of hydrogen-bond donors (Lipinski definition) is 1. The largest absolute Gasteiger partial charge is 0.323 e. The second-order valence-electron chi connectivity index (χ2n) is 3.50. The molecule has 2 unspecified atom stereocenters. The van der Waals surface area contributed by atoms with Crippen molar-refractivity contribution in [2.45, 2.75) is 24.0 Å². The van der Waals surface area contributed by atoms with Crippen molar-refractivity contribution in [2.24, 2.45) is 5.73 Å². The molecule has 0 spiro atoms. The van der Waals surface area contributed by atoms with Crippen LogP contribution < -0.4 is 5.73 Å². The molecule has 1 heterocycles. The Labute approximate surface area is 102 Å². The Morgan fingerprint density at radius 3 is 3.00 bits per heavy atom. The monoisotopic (exact) mass is 291 g/mol. The van der Waals surface area contributed by atoms with E-state index in [2.05, 4.69) is 28.9 Å². The van der Waals surface area contributed by atoms with E-state index in [-0.39, 0.29) is 6.04 Å². The molecule has 0 radical (unpaired) electrons. The molecule has 2 rings (SSSR count). The molecule has 0 saturated carbocycles. The molecule has 2 atom stereocenters. The van der Waals surface area contributed by atoms with Gasteiger partial charge in [0, 0.05) is 26.5 Å². The van der Waals surface area contributed by atoms with E-state index in [0.717, 1.165) is 15.2 Å². The number of nitrogens with two attached hydrogens (primary N) is 1. The molecule has 2 N–H and O–H groups in total. The first kappa shape index (κ1) is 10.8. The van der Waals surface area contributed by atoms with Crippen molar-refractivity contribution in [3.63, 3.8) is 0 Å². The van der Waals surface area contributed by atoms with Crippen molar-refractivity contribution in [3.8, 4) is 0 Å². The zero-order valence-electron chi connectivity index (χ0n) is 7.76. The Balaban J connectivity index is 2.54. The summed E-state index contributed by atoms with van der Waals surface area (Å²) in [5.74, 6) is 0.969. The lowest BCUT2D eigenvalue weighted by atomic mass is 9.99. The minimum absolute atomic E-state index is 0.0961. The van der Waals surface area contributed by atoms with Crippen LogP contribution in [0.5, 0.6) is 0 Å². The van der Waals surface area contributed by atoms with Crippen LogP contribution in [0.15, 0.2) is 16.6 Å². The van der Waals surface area contributed by atoms with E-state index in [4.69, 9.17) is 17.3 Å². The number of hydrogen-bond acceptors (Lipinski definition) is 2. The van der Waals surface area contributed by atoms with Crippen molar-refractivity contribution < 1.29 is 0 Å². The topological polar surface area (TPSA) is 26.0 Å². The lowest BCUT2D eigenvalue weighted by molar-refractivity contribution is 0.698. The van der Waals surface area contributed by atoms with Crippen molar-refractivity contribution in [3.05, 3.63) is 32.8 Å². The Morgan fingerprint density at radius 1 is 1.57 bits per heavy atom. The molecular formula is C10H11BrClNS. The summed E-state index contributed by atoms with van der Waals surface area (Å²) in [6.45, 7) is 2.16. The molecule has 1 aromatic rings. The van der Waals surface area contributed by atoms with Crippen LogP contribution in [0.3, 0.4) is 0 Å². The minimum Gasteiger partial charge on any atom is -0.323 e. The lowest BCUT2D eigenvalue weighted by Gasteiger charge is -2.28. The molecule has 0 amide bonds. The van der Waals surface area contributed by atoms with Gasteiger partial charge in [-0.3, -0.25) is 0 Å². The third kappa shape index (κ3) is 1.83. The normalized spacial score (nSPS) is 26.0. The van der Waals surface area contributed by atoms with E-state index >= 15 is 0 Å². The fourth-order valence-corrected chi connectivity index (χ4v) is 3.73. The SMILES string of the molecule is CC1SCc2c(Cl)cc(Br)cc2C1N. The second-order valence-corrected chi connectivity index (χ2v) is 6.19. The fourth-order valence-electron chi connectivity index (χ4n) is 1.64. The third-order valence-corrected chi connectivity index (χ3v) is 4.62. The third-order valence-electron chi connectivity index (χ3n) is 2.55. The summed E-state index contributed by atoms with van der Waals surface area (Å²) >= 11 is 11.5. The van der Waals surface area contributed by atoms with E-state index in [1.54, 1.807) is 0 Å². The van der Waals surface area contributed by atoms with Gasteiger partial charge in [0.05, 0.1) is 0 Å². The van der Waals surface area contributed by atoms with Crippen LogP contribution in [0.1, 0.15) is 24.1 Å². The first-order valence-corrected chi connectivity index (χ1v) is 6.66. The van der Waals surface area contributed by atoms with Crippen LogP contribution in [0.4, 0.5) is 0 Å². The first-order valence-electron chi connectivity index (χ1n) is 4.44. The molecule has 76 valence electrons. The summed E-state index contributed by atoms with van der Waals surface area (Å²) in [5.41, 5.74) is 8.52. The summed E-state index contributed by atoms with van der Waals surface area (Å²) in [5, 5.41) is 1.29. The van der Waals surface area contributed by atoms with Gasteiger partial charge in [-0.15, -0.1) is 0 Å². The van der Waals surface area contributed by atoms with E-state index in [9.17, 15) is 0 Å². The minimum atomic E-state index is 0.0961. The van der Waals surface area contributed by atoms with Gasteiger partial charge in [0.25, 0.3) is 0 Å². The van der Waals surface area contributed by atoms with Gasteiger partial charge >= 0.3 is 0 Å². The van der Waals surface area contributed by atoms with E-state index in [1.165, 1.54) is 11.1 Å². The van der Waals surface area contributed by atoms with Crippen LogP contribution in [0.25, 0.3) is 0 Å². The highest BCUT2D eigenvalue weighted by molar-refractivity contribution is 9.10. The van der Waals surface area contributed by atoms with Crippen molar-refractivity contribution in [1.82, 2.24) is 0 Å². The van der Waals surface area contributed by atoms with Crippen LogP contribution in [-0.4, -0.2) is 5.25 Å². The molecule has 4 heteroatoms. The molecule has 0 aromatic heterocycles. The summed E-state index contributed by atoms with van der Waals surface area (Å²) in [6, 6.07) is 4.12. The van der Waals surface area contributed by atoms with Crippen molar-refractivity contribution in [2.75, 3.05) is 0 Å². The molecule has 0 bridgehead atoms. The Kier molecular flexibility index (Phi) is 3.12. The summed E-state index contributed by atoms with van der Waals surface area (Å²) in [4.78, 5) is 0. The van der Waals surface area contributed by atoms with Gasteiger partial charge in [0.1, 0.15) is 0 Å². The van der Waals surface area contributed by atoms with Crippen LogP contribution in [0, 0.1) is 0 Å². The van der Waals surface area contributed by atoms with Crippen LogP contribution in [0.2, 0.25) is 5.02 Å². The van der Waals surface area contributed by atoms with Gasteiger partial charge in [0.2, 0.25) is 0 Å². The Bertz CT molecular complexity index is 369. The van der Waals surface area contributed by atoms with Crippen molar-refractivity contribution in [1.29, 1.82) is 0 Å². The zero-order valence-corrected chi connectivity index (χ0v) is 10.9. The maximum atomic E-state index is 6.16. The highest BCUT2D eigenvalue weighted by Crippen LogP contribution is 2.40. The Morgan fingerprint density at radius 2 is 2.29 bits per heavy atom. The number of rotatable bonds is 0. The van der Waals surface area contributed by atoms with E-state index in [1.807, 2.05) is 17.8 Å². The quantitative estimate of drug-likeness (QED) is 0.788. The molecular weight excluding hydrogens is 282 g/mol. The molecule has 14 heavy (non-hydrogen) atoms. The number of thioether (sulfide) groups is 1. The smallest absolute Gasteiger partial charge is 0.0460 e. The molecule has 1 aliphatic rings. The molecule has 0 aliphatic carbocycles. The molecule has 0 fully saturated rings. The van der Waals surface area contributed by atoms with Crippen molar-refractivity contribution >= 4 is 39.3 Å².